The fourth-order valence-electron chi connectivity index (χ4n) is 1.49. The lowest BCUT2D eigenvalue weighted by atomic mass is 10.2. The third kappa shape index (κ3) is 2.70. The summed E-state index contributed by atoms with van der Waals surface area (Å²) in [5.41, 5.74) is -0.183. The average Bonchev–Trinajstić information content (AvgIpc) is 2.39. The normalized spacial score (nSPS) is 10.7. The molecule has 2 aromatic carbocycles. The first-order valence-electron chi connectivity index (χ1n) is 5.30. The van der Waals surface area contributed by atoms with Gasteiger partial charge in [0.15, 0.2) is 17.4 Å². The molecule has 0 N–H and O–H groups in total. The van der Waals surface area contributed by atoms with E-state index in [1.165, 1.54) is 12.1 Å². The van der Waals surface area contributed by atoms with Gasteiger partial charge in [-0.3, -0.25) is 0 Å². The molecular weight excluding hydrogens is 303 g/mol. The van der Waals surface area contributed by atoms with Crippen molar-refractivity contribution in [1.29, 1.82) is 0 Å². The van der Waals surface area contributed by atoms with Crippen LogP contribution in [-0.2, 0) is 6.61 Å². The Labute approximate surface area is 115 Å². The van der Waals surface area contributed by atoms with Crippen LogP contribution in [0, 0.1) is 29.1 Å². The Balaban J connectivity index is 2.32. The van der Waals surface area contributed by atoms with Gasteiger partial charge < -0.3 is 4.74 Å². The number of hydrogen-bond donors (Lipinski definition) is 0. The van der Waals surface area contributed by atoms with Gasteiger partial charge in [0.2, 0.25) is 11.6 Å². The molecule has 0 radical (unpaired) electrons. The quantitative estimate of drug-likeness (QED) is 0.594. The van der Waals surface area contributed by atoms with E-state index in [1.807, 2.05) is 0 Å². The summed E-state index contributed by atoms with van der Waals surface area (Å²) in [4.78, 5) is 0. The van der Waals surface area contributed by atoms with Crippen LogP contribution in [0.15, 0.2) is 24.3 Å². The van der Waals surface area contributed by atoms with Gasteiger partial charge in [0.05, 0.1) is 5.02 Å². The zero-order valence-corrected chi connectivity index (χ0v) is 10.4. The van der Waals surface area contributed by atoms with Gasteiger partial charge in [-0.1, -0.05) is 17.7 Å². The van der Waals surface area contributed by atoms with Crippen LogP contribution in [-0.4, -0.2) is 0 Å². The summed E-state index contributed by atoms with van der Waals surface area (Å²) in [6.07, 6.45) is 0. The highest BCUT2D eigenvalue weighted by atomic mass is 35.5. The highest BCUT2D eigenvalue weighted by Crippen LogP contribution is 2.28. The van der Waals surface area contributed by atoms with E-state index in [0.29, 0.717) is 0 Å². The van der Waals surface area contributed by atoms with Gasteiger partial charge >= 0.3 is 0 Å². The molecule has 0 aromatic heterocycles. The minimum atomic E-state index is -1.70. The second-order valence-corrected chi connectivity index (χ2v) is 4.19. The number of halogens is 6. The van der Waals surface area contributed by atoms with E-state index in [0.717, 1.165) is 6.07 Å². The standard InChI is InChI=1S/C13H6ClF5O/c14-7-2-1-3-8(15)6(7)5-20-13-11(18)9(16)4-10(17)12(13)19/h1-4H,5H2. The van der Waals surface area contributed by atoms with E-state index in [-0.39, 0.29) is 16.7 Å². The van der Waals surface area contributed by atoms with Crippen molar-refractivity contribution in [2.75, 3.05) is 0 Å². The zero-order valence-electron chi connectivity index (χ0n) is 9.69. The van der Waals surface area contributed by atoms with Crippen molar-refractivity contribution < 1.29 is 26.7 Å². The predicted molar refractivity (Wildman–Crippen MR) is 62.0 cm³/mol. The molecule has 0 amide bonds. The highest BCUT2D eigenvalue weighted by molar-refractivity contribution is 6.31. The Hall–Kier alpha value is -1.82. The van der Waals surface area contributed by atoms with E-state index in [9.17, 15) is 22.0 Å². The van der Waals surface area contributed by atoms with Crippen molar-refractivity contribution in [3.63, 3.8) is 0 Å². The van der Waals surface area contributed by atoms with Crippen LogP contribution in [0.2, 0.25) is 5.02 Å². The lowest BCUT2D eigenvalue weighted by Gasteiger charge is -2.11. The van der Waals surface area contributed by atoms with Crippen molar-refractivity contribution in [2.24, 2.45) is 0 Å². The van der Waals surface area contributed by atoms with E-state index in [2.05, 4.69) is 4.74 Å². The first-order valence-corrected chi connectivity index (χ1v) is 5.68. The maximum atomic E-state index is 13.4. The second kappa shape index (κ2) is 5.66. The van der Waals surface area contributed by atoms with Crippen LogP contribution in [0.25, 0.3) is 0 Å². The molecule has 0 fully saturated rings. The number of ether oxygens (including phenoxy) is 1. The first-order chi connectivity index (χ1) is 9.41. The zero-order chi connectivity index (χ0) is 14.9. The number of rotatable bonds is 3. The molecule has 0 saturated carbocycles. The topological polar surface area (TPSA) is 9.23 Å². The van der Waals surface area contributed by atoms with Crippen LogP contribution in [0.5, 0.6) is 5.75 Å². The molecule has 7 heteroatoms. The van der Waals surface area contributed by atoms with Crippen molar-refractivity contribution in [2.45, 2.75) is 6.61 Å². The van der Waals surface area contributed by atoms with Gasteiger partial charge in [-0.15, -0.1) is 0 Å². The van der Waals surface area contributed by atoms with Crippen molar-refractivity contribution in [3.8, 4) is 5.75 Å². The molecule has 0 bridgehead atoms. The Bertz CT molecular complexity index is 613. The minimum absolute atomic E-state index is 0.0392. The van der Waals surface area contributed by atoms with Crippen LogP contribution in [0.3, 0.4) is 0 Å². The van der Waals surface area contributed by atoms with Crippen LogP contribution < -0.4 is 4.74 Å². The van der Waals surface area contributed by atoms with E-state index in [1.54, 1.807) is 0 Å². The minimum Gasteiger partial charge on any atom is -0.482 e. The van der Waals surface area contributed by atoms with Gasteiger partial charge in [0.1, 0.15) is 12.4 Å². The van der Waals surface area contributed by atoms with E-state index < -0.39 is 41.4 Å². The van der Waals surface area contributed by atoms with Gasteiger partial charge in [-0.2, -0.15) is 8.78 Å². The predicted octanol–water partition coefficient (Wildman–Crippen LogP) is 4.61. The molecule has 0 spiro atoms. The Morgan fingerprint density at radius 3 is 2.05 bits per heavy atom. The molecule has 0 unspecified atom stereocenters. The summed E-state index contributed by atoms with van der Waals surface area (Å²) in [5, 5.41) is -0.0392. The summed E-state index contributed by atoms with van der Waals surface area (Å²) in [7, 11) is 0. The maximum Gasteiger partial charge on any atom is 0.203 e. The van der Waals surface area contributed by atoms with Crippen LogP contribution >= 0.6 is 11.6 Å². The average molecular weight is 309 g/mol. The maximum absolute atomic E-state index is 13.4. The molecule has 0 aliphatic rings. The van der Waals surface area contributed by atoms with Gasteiger partial charge in [0.25, 0.3) is 0 Å². The molecule has 0 saturated heterocycles. The highest BCUT2D eigenvalue weighted by Gasteiger charge is 2.21. The molecule has 106 valence electrons. The SMILES string of the molecule is Fc1cc(F)c(F)c(OCc2c(F)cccc2Cl)c1F. The fourth-order valence-corrected chi connectivity index (χ4v) is 1.71. The number of benzene rings is 2. The first kappa shape index (κ1) is 14.6. The molecule has 2 rings (SSSR count). The Morgan fingerprint density at radius 1 is 0.900 bits per heavy atom. The Kier molecular flexibility index (Phi) is 4.13. The number of hydrogen-bond acceptors (Lipinski definition) is 1. The van der Waals surface area contributed by atoms with Crippen molar-refractivity contribution in [1.82, 2.24) is 0 Å². The van der Waals surface area contributed by atoms with Crippen LogP contribution in [0.1, 0.15) is 5.56 Å². The molecule has 0 atom stereocenters. The summed E-state index contributed by atoms with van der Waals surface area (Å²) in [6, 6.07) is 3.77. The van der Waals surface area contributed by atoms with E-state index in [4.69, 9.17) is 11.6 Å². The fraction of sp³-hybridized carbons (Fsp3) is 0.0769. The van der Waals surface area contributed by atoms with Gasteiger partial charge in [0, 0.05) is 11.6 Å². The molecule has 2 aromatic rings. The third-order valence-corrected chi connectivity index (χ3v) is 2.85. The third-order valence-electron chi connectivity index (χ3n) is 2.49. The molecule has 1 nitrogen and oxygen atoms in total. The largest absolute Gasteiger partial charge is 0.482 e. The summed E-state index contributed by atoms with van der Waals surface area (Å²) in [6.45, 7) is -0.678. The Morgan fingerprint density at radius 2 is 1.50 bits per heavy atom. The molecule has 20 heavy (non-hydrogen) atoms. The molecule has 0 aliphatic carbocycles. The monoisotopic (exact) mass is 308 g/mol. The van der Waals surface area contributed by atoms with E-state index >= 15 is 0 Å². The second-order valence-electron chi connectivity index (χ2n) is 3.79. The van der Waals surface area contributed by atoms with Crippen molar-refractivity contribution in [3.05, 3.63) is 63.9 Å². The van der Waals surface area contributed by atoms with Crippen LogP contribution in [0.4, 0.5) is 22.0 Å². The summed E-state index contributed by atoms with van der Waals surface area (Å²) >= 11 is 5.68. The lowest BCUT2D eigenvalue weighted by Crippen LogP contribution is -2.05. The molecular formula is C13H6ClF5O. The lowest BCUT2D eigenvalue weighted by molar-refractivity contribution is 0.257. The molecule has 0 aliphatic heterocycles. The van der Waals surface area contributed by atoms with Crippen molar-refractivity contribution >= 4 is 11.6 Å². The summed E-state index contributed by atoms with van der Waals surface area (Å²) in [5.74, 6) is -8.65. The molecule has 0 heterocycles. The summed E-state index contributed by atoms with van der Waals surface area (Å²) < 4.78 is 70.5. The van der Waals surface area contributed by atoms with Gasteiger partial charge in [-0.05, 0) is 12.1 Å². The van der Waals surface area contributed by atoms with Gasteiger partial charge in [-0.25, -0.2) is 13.2 Å². The smallest absolute Gasteiger partial charge is 0.203 e.